The smallest absolute Gasteiger partial charge is 0.252 e. The molecule has 0 saturated carbocycles. The lowest BCUT2D eigenvalue weighted by Gasteiger charge is -2.12. The maximum absolute atomic E-state index is 12.5. The van der Waals surface area contributed by atoms with E-state index < -0.39 is 15.9 Å². The van der Waals surface area contributed by atoms with E-state index in [-0.39, 0.29) is 30.2 Å². The fourth-order valence-corrected chi connectivity index (χ4v) is 3.81. The van der Waals surface area contributed by atoms with Crippen LogP contribution in [0.1, 0.15) is 15.9 Å². The lowest BCUT2D eigenvalue weighted by molar-refractivity contribution is 0.0946. The third-order valence-corrected chi connectivity index (χ3v) is 5.98. The summed E-state index contributed by atoms with van der Waals surface area (Å²) in [5, 5.41) is 2.73. The van der Waals surface area contributed by atoms with Gasteiger partial charge in [0.05, 0.1) is 23.6 Å². The second-order valence-corrected chi connectivity index (χ2v) is 8.52. The maximum Gasteiger partial charge on any atom is 0.252 e. The molecule has 2 aromatic carbocycles. The van der Waals surface area contributed by atoms with Crippen molar-refractivity contribution in [3.05, 3.63) is 58.1 Å². The number of aryl methyl sites for hydroxylation is 1. The average molecular weight is 471 g/mol. The number of halogens is 1. The number of sulfonamides is 1. The number of para-hydroxylation sites is 1. The quantitative estimate of drug-likeness (QED) is 0.520. The van der Waals surface area contributed by atoms with E-state index in [1.165, 1.54) is 25.3 Å². The zero-order chi connectivity index (χ0) is 20.6. The van der Waals surface area contributed by atoms with Crippen molar-refractivity contribution < 1.29 is 22.7 Å². The summed E-state index contributed by atoms with van der Waals surface area (Å²) in [6, 6.07) is 11.9. The van der Waals surface area contributed by atoms with Gasteiger partial charge in [0.25, 0.3) is 5.91 Å². The number of nitrogens with one attached hydrogen (secondary N) is 2. The van der Waals surface area contributed by atoms with Crippen molar-refractivity contribution in [2.24, 2.45) is 0 Å². The first-order valence-corrected chi connectivity index (χ1v) is 10.9. The van der Waals surface area contributed by atoms with Gasteiger partial charge in [-0.15, -0.1) is 0 Å². The molecule has 152 valence electrons. The van der Waals surface area contributed by atoms with Crippen LogP contribution in [0.25, 0.3) is 0 Å². The highest BCUT2D eigenvalue weighted by atomic mass is 79.9. The van der Waals surface area contributed by atoms with Gasteiger partial charge in [0.2, 0.25) is 10.0 Å². The Morgan fingerprint density at radius 3 is 2.57 bits per heavy atom. The zero-order valence-electron chi connectivity index (χ0n) is 15.7. The molecule has 0 atom stereocenters. The molecule has 28 heavy (non-hydrogen) atoms. The summed E-state index contributed by atoms with van der Waals surface area (Å²) in [6.07, 6.45) is 0. The molecule has 2 N–H and O–H groups in total. The van der Waals surface area contributed by atoms with Crippen LogP contribution in [0.3, 0.4) is 0 Å². The zero-order valence-corrected chi connectivity index (χ0v) is 18.1. The van der Waals surface area contributed by atoms with E-state index in [9.17, 15) is 13.2 Å². The molecule has 0 aliphatic carbocycles. The fourth-order valence-electron chi connectivity index (χ4n) is 2.35. The Morgan fingerprint density at radius 1 is 1.11 bits per heavy atom. The third kappa shape index (κ3) is 6.30. The van der Waals surface area contributed by atoms with Crippen LogP contribution in [0.2, 0.25) is 0 Å². The Kier molecular flexibility index (Phi) is 8.43. The minimum Gasteiger partial charge on any atom is -0.491 e. The minimum atomic E-state index is -3.73. The standard InChI is InChI=1S/C19H23BrN2O5S/c1-14-5-3-4-6-18(14)27-12-9-21-19(23)16-13-15(7-8-17(16)20)28(24,25)22-10-11-26-2/h3-8,13,22H,9-12H2,1-2H3,(H,21,23). The van der Waals surface area contributed by atoms with Crippen molar-refractivity contribution in [2.45, 2.75) is 11.8 Å². The molecular formula is C19H23BrN2O5S. The Morgan fingerprint density at radius 2 is 1.86 bits per heavy atom. The van der Waals surface area contributed by atoms with Crippen molar-refractivity contribution in [3.8, 4) is 5.75 Å². The highest BCUT2D eigenvalue weighted by Gasteiger charge is 2.18. The number of carbonyl (C=O) groups excluding carboxylic acids is 1. The van der Waals surface area contributed by atoms with Gasteiger partial charge in [0.1, 0.15) is 12.4 Å². The molecule has 0 spiro atoms. The van der Waals surface area contributed by atoms with Crippen molar-refractivity contribution in [1.82, 2.24) is 10.0 Å². The molecule has 0 aromatic heterocycles. The highest BCUT2D eigenvalue weighted by Crippen LogP contribution is 2.21. The largest absolute Gasteiger partial charge is 0.491 e. The van der Waals surface area contributed by atoms with Crippen molar-refractivity contribution in [3.63, 3.8) is 0 Å². The van der Waals surface area contributed by atoms with Crippen LogP contribution < -0.4 is 14.8 Å². The number of rotatable bonds is 10. The van der Waals surface area contributed by atoms with E-state index in [1.54, 1.807) is 0 Å². The first-order chi connectivity index (χ1) is 13.3. The molecule has 0 unspecified atom stereocenters. The molecule has 0 bridgehead atoms. The summed E-state index contributed by atoms with van der Waals surface area (Å²) in [7, 11) is -2.24. The van der Waals surface area contributed by atoms with Crippen molar-refractivity contribution in [1.29, 1.82) is 0 Å². The van der Waals surface area contributed by atoms with Gasteiger partial charge in [-0.1, -0.05) is 18.2 Å². The Labute approximate surface area is 173 Å². The monoisotopic (exact) mass is 470 g/mol. The van der Waals surface area contributed by atoms with Gasteiger partial charge in [0.15, 0.2) is 0 Å². The summed E-state index contributed by atoms with van der Waals surface area (Å²) in [4.78, 5) is 12.5. The normalized spacial score (nSPS) is 11.2. The lowest BCUT2D eigenvalue weighted by atomic mass is 10.2. The first kappa shape index (κ1) is 22.4. The molecule has 1 amide bonds. The lowest BCUT2D eigenvalue weighted by Crippen LogP contribution is -2.30. The van der Waals surface area contributed by atoms with E-state index in [1.807, 2.05) is 31.2 Å². The summed E-state index contributed by atoms with van der Waals surface area (Å²) in [5.74, 6) is 0.363. The van der Waals surface area contributed by atoms with Gasteiger partial charge in [-0.05, 0) is 52.7 Å². The molecule has 0 fully saturated rings. The second-order valence-electron chi connectivity index (χ2n) is 5.90. The average Bonchev–Trinajstić information content (AvgIpc) is 2.66. The van der Waals surface area contributed by atoms with Crippen LogP contribution in [0.15, 0.2) is 51.8 Å². The van der Waals surface area contributed by atoms with E-state index >= 15 is 0 Å². The minimum absolute atomic E-state index is 0.00751. The maximum atomic E-state index is 12.5. The highest BCUT2D eigenvalue weighted by molar-refractivity contribution is 9.10. The van der Waals surface area contributed by atoms with Gasteiger partial charge in [-0.2, -0.15) is 0 Å². The molecule has 7 nitrogen and oxygen atoms in total. The second kappa shape index (κ2) is 10.6. The van der Waals surface area contributed by atoms with E-state index in [0.717, 1.165) is 11.3 Å². The molecule has 0 aliphatic rings. The SMILES string of the molecule is COCCNS(=O)(=O)c1ccc(Br)c(C(=O)NCCOc2ccccc2C)c1. The van der Waals surface area contributed by atoms with Crippen LogP contribution >= 0.6 is 15.9 Å². The Bertz CT molecular complexity index is 918. The molecule has 0 saturated heterocycles. The first-order valence-electron chi connectivity index (χ1n) is 8.60. The summed E-state index contributed by atoms with van der Waals surface area (Å²) < 4.78 is 38.0. The topological polar surface area (TPSA) is 93.7 Å². The van der Waals surface area contributed by atoms with E-state index in [2.05, 4.69) is 26.0 Å². The molecule has 2 aromatic rings. The number of methoxy groups -OCH3 is 1. The van der Waals surface area contributed by atoms with Gasteiger partial charge < -0.3 is 14.8 Å². The third-order valence-electron chi connectivity index (χ3n) is 3.83. The summed E-state index contributed by atoms with van der Waals surface area (Å²) in [6.45, 7) is 2.92. The van der Waals surface area contributed by atoms with Gasteiger partial charge >= 0.3 is 0 Å². The van der Waals surface area contributed by atoms with Crippen LogP contribution in [-0.2, 0) is 14.8 Å². The number of hydrogen-bond acceptors (Lipinski definition) is 5. The van der Waals surface area contributed by atoms with Crippen LogP contribution in [0.5, 0.6) is 5.75 Å². The summed E-state index contributed by atoms with van der Waals surface area (Å²) >= 11 is 3.29. The van der Waals surface area contributed by atoms with Gasteiger partial charge in [-0.3, -0.25) is 4.79 Å². The predicted octanol–water partition coefficient (Wildman–Crippen LogP) is 2.49. The molecular weight excluding hydrogens is 448 g/mol. The Balaban J connectivity index is 1.98. The molecule has 9 heteroatoms. The number of amides is 1. The van der Waals surface area contributed by atoms with E-state index in [4.69, 9.17) is 9.47 Å². The van der Waals surface area contributed by atoms with Crippen LogP contribution in [-0.4, -0.2) is 47.7 Å². The van der Waals surface area contributed by atoms with E-state index in [0.29, 0.717) is 11.1 Å². The van der Waals surface area contributed by atoms with Crippen molar-refractivity contribution in [2.75, 3.05) is 33.4 Å². The Hall–Kier alpha value is -1.94. The summed E-state index contributed by atoms with van der Waals surface area (Å²) in [5.41, 5.74) is 1.24. The molecule has 0 aliphatic heterocycles. The van der Waals surface area contributed by atoms with Gasteiger partial charge in [-0.25, -0.2) is 13.1 Å². The van der Waals surface area contributed by atoms with Crippen LogP contribution in [0.4, 0.5) is 0 Å². The van der Waals surface area contributed by atoms with Crippen LogP contribution in [0, 0.1) is 6.92 Å². The molecule has 0 radical (unpaired) electrons. The number of benzene rings is 2. The number of hydrogen-bond donors (Lipinski definition) is 2. The van der Waals surface area contributed by atoms with Gasteiger partial charge in [0, 0.05) is 18.1 Å². The number of ether oxygens (including phenoxy) is 2. The number of carbonyl (C=O) groups is 1. The molecule has 0 heterocycles. The predicted molar refractivity (Wildman–Crippen MR) is 110 cm³/mol. The van der Waals surface area contributed by atoms with Crippen molar-refractivity contribution >= 4 is 31.9 Å². The fraction of sp³-hybridized carbons (Fsp3) is 0.316. The molecule has 2 rings (SSSR count).